The summed E-state index contributed by atoms with van der Waals surface area (Å²) in [5.41, 5.74) is -0.911. The number of phenolic OH excluding ortho intramolecular Hbond substituents is 1. The molecular formula is C42H41N5O9. The molecule has 1 saturated heterocycles. The minimum Gasteiger partial charge on any atom is -0.506 e. The molecule has 5 aromatic carbocycles. The third kappa shape index (κ3) is 7.53. The Labute approximate surface area is 323 Å². The van der Waals surface area contributed by atoms with Crippen molar-refractivity contribution in [3.05, 3.63) is 124 Å². The number of hydrazine groups is 1. The van der Waals surface area contributed by atoms with Gasteiger partial charge < -0.3 is 19.9 Å². The number of fused-ring (bicyclic) bond motifs is 1. The number of nitro groups is 1. The molecule has 0 aromatic heterocycles. The van der Waals surface area contributed by atoms with Gasteiger partial charge in [-0.2, -0.15) is 5.01 Å². The lowest BCUT2D eigenvalue weighted by molar-refractivity contribution is -0.384. The standard InChI is InChI=1S/C42H41N5O9/c1-26-14-10-13-19-32(26)43-37(49)31-23-35(29-17-11-12-18-30(29)36(31)48)56-34-21-20-28(47(53)54)22-33(34)44(6)40(52)46-38(50)42(5,25-55-39(51)41(2,3)4)24-45(46)27-15-8-7-9-16-27/h7-23,48H,24-25H2,1-6H3,(H,43,49). The Hall–Kier alpha value is -6.96. The van der Waals surface area contributed by atoms with E-state index >= 15 is 0 Å². The first-order valence-electron chi connectivity index (χ1n) is 17.7. The monoisotopic (exact) mass is 759 g/mol. The summed E-state index contributed by atoms with van der Waals surface area (Å²) in [4.78, 5) is 67.6. The van der Waals surface area contributed by atoms with Crippen LogP contribution < -0.4 is 20.0 Å². The van der Waals surface area contributed by atoms with Gasteiger partial charge in [0.25, 0.3) is 17.5 Å². The molecule has 1 atom stereocenters. The molecular weight excluding hydrogens is 718 g/mol. The maximum atomic E-state index is 14.6. The largest absolute Gasteiger partial charge is 0.506 e. The van der Waals surface area contributed by atoms with Crippen LogP contribution in [0.5, 0.6) is 17.2 Å². The van der Waals surface area contributed by atoms with E-state index in [1.165, 1.54) is 30.3 Å². The second-order valence-electron chi connectivity index (χ2n) is 14.8. The predicted octanol–water partition coefficient (Wildman–Crippen LogP) is 8.22. The Morgan fingerprint density at radius 1 is 0.929 bits per heavy atom. The highest BCUT2D eigenvalue weighted by Gasteiger charge is 2.53. The zero-order valence-corrected chi connectivity index (χ0v) is 31.7. The molecule has 0 saturated carbocycles. The second kappa shape index (κ2) is 15.1. The maximum absolute atomic E-state index is 14.6. The summed E-state index contributed by atoms with van der Waals surface area (Å²) >= 11 is 0. The van der Waals surface area contributed by atoms with Gasteiger partial charge in [0, 0.05) is 35.6 Å². The molecule has 14 heteroatoms. The van der Waals surface area contributed by atoms with Gasteiger partial charge in [0.2, 0.25) is 0 Å². The van der Waals surface area contributed by atoms with Crippen molar-refractivity contribution in [2.45, 2.75) is 34.6 Å². The molecule has 2 N–H and O–H groups in total. The van der Waals surface area contributed by atoms with E-state index in [-0.39, 0.29) is 47.3 Å². The zero-order chi connectivity index (χ0) is 40.5. The fraction of sp³-hybridized carbons (Fsp3) is 0.238. The summed E-state index contributed by atoms with van der Waals surface area (Å²) in [5.74, 6) is -2.03. The smallest absolute Gasteiger partial charge is 0.350 e. The van der Waals surface area contributed by atoms with Crippen LogP contribution in [-0.2, 0) is 14.3 Å². The van der Waals surface area contributed by atoms with Gasteiger partial charge in [0.15, 0.2) is 5.75 Å². The van der Waals surface area contributed by atoms with Crippen LogP contribution in [-0.4, -0.2) is 59.1 Å². The number of urea groups is 1. The number of ether oxygens (including phenoxy) is 2. The fourth-order valence-electron chi connectivity index (χ4n) is 6.20. The Bertz CT molecular complexity index is 2380. The molecule has 0 spiro atoms. The molecule has 1 aliphatic rings. The Kier molecular flexibility index (Phi) is 10.4. The normalized spacial score (nSPS) is 15.4. The van der Waals surface area contributed by atoms with E-state index in [1.807, 2.05) is 19.1 Å². The van der Waals surface area contributed by atoms with Crippen molar-refractivity contribution < 1.29 is 38.7 Å². The van der Waals surface area contributed by atoms with Gasteiger partial charge >= 0.3 is 12.0 Å². The van der Waals surface area contributed by atoms with Crippen molar-refractivity contribution >= 4 is 57.3 Å². The second-order valence-corrected chi connectivity index (χ2v) is 14.8. The molecule has 56 heavy (non-hydrogen) atoms. The van der Waals surface area contributed by atoms with Crippen LogP contribution in [0.25, 0.3) is 10.8 Å². The number of nitrogens with one attached hydrogen (secondary N) is 1. The Balaban J connectivity index is 1.40. The number of carbonyl (C=O) groups excluding carboxylic acids is 4. The molecule has 1 heterocycles. The molecule has 288 valence electrons. The number of non-ortho nitro benzene ring substituents is 1. The van der Waals surface area contributed by atoms with Crippen LogP contribution in [0, 0.1) is 27.9 Å². The lowest BCUT2D eigenvalue weighted by Crippen LogP contribution is -2.50. The number of benzene rings is 5. The molecule has 0 bridgehead atoms. The number of aromatic hydroxyl groups is 1. The summed E-state index contributed by atoms with van der Waals surface area (Å²) < 4.78 is 12.0. The van der Waals surface area contributed by atoms with Crippen LogP contribution in [0.1, 0.15) is 43.6 Å². The van der Waals surface area contributed by atoms with Crippen molar-refractivity contribution in [3.8, 4) is 17.2 Å². The van der Waals surface area contributed by atoms with Gasteiger partial charge in [-0.15, -0.1) is 0 Å². The molecule has 14 nitrogen and oxygen atoms in total. The van der Waals surface area contributed by atoms with E-state index in [1.54, 1.807) is 94.4 Å². The van der Waals surface area contributed by atoms with E-state index < -0.39 is 39.6 Å². The first kappa shape index (κ1) is 38.8. The number of phenols is 1. The number of esters is 1. The lowest BCUT2D eigenvalue weighted by atomic mass is 9.91. The zero-order valence-electron chi connectivity index (χ0n) is 31.7. The fourth-order valence-corrected chi connectivity index (χ4v) is 6.20. The minimum absolute atomic E-state index is 0.0298. The van der Waals surface area contributed by atoms with E-state index in [2.05, 4.69) is 5.32 Å². The molecule has 0 radical (unpaired) electrons. The van der Waals surface area contributed by atoms with Gasteiger partial charge in [0.1, 0.15) is 23.5 Å². The highest BCUT2D eigenvalue weighted by Crippen LogP contribution is 2.43. The van der Waals surface area contributed by atoms with E-state index in [9.17, 15) is 34.4 Å². The predicted molar refractivity (Wildman–Crippen MR) is 211 cm³/mol. The number of nitro benzene ring substituents is 1. The molecule has 5 aromatic rings. The quantitative estimate of drug-likeness (QED) is 0.0847. The van der Waals surface area contributed by atoms with Crippen LogP contribution >= 0.6 is 0 Å². The number of amides is 4. The van der Waals surface area contributed by atoms with Crippen LogP contribution in [0.4, 0.5) is 27.5 Å². The average molecular weight is 760 g/mol. The van der Waals surface area contributed by atoms with Crippen molar-refractivity contribution in [3.63, 3.8) is 0 Å². The van der Waals surface area contributed by atoms with Gasteiger partial charge in [-0.3, -0.25) is 34.4 Å². The van der Waals surface area contributed by atoms with Crippen LogP contribution in [0.15, 0.2) is 103 Å². The first-order chi connectivity index (χ1) is 26.5. The topological polar surface area (TPSA) is 172 Å². The van der Waals surface area contributed by atoms with Gasteiger partial charge in [0.05, 0.1) is 33.8 Å². The van der Waals surface area contributed by atoms with Gasteiger partial charge in [-0.1, -0.05) is 60.7 Å². The third-order valence-corrected chi connectivity index (χ3v) is 9.46. The van der Waals surface area contributed by atoms with Crippen LogP contribution in [0.2, 0.25) is 0 Å². The number of carbonyl (C=O) groups is 4. The number of imide groups is 1. The molecule has 1 fully saturated rings. The SMILES string of the molecule is Cc1ccccc1NC(=O)c1cc(Oc2ccc([N+](=O)[O-])cc2N(C)C(=O)N2C(=O)C(C)(COC(=O)C(C)(C)C)CN2c2ccccc2)c2ccccc2c1O. The number of hydrogen-bond acceptors (Lipinski definition) is 10. The summed E-state index contributed by atoms with van der Waals surface area (Å²) in [6, 6.07) is 26.6. The number of nitrogens with zero attached hydrogens (tertiary/aromatic N) is 4. The van der Waals surface area contributed by atoms with Crippen molar-refractivity contribution in [2.24, 2.45) is 10.8 Å². The van der Waals surface area contributed by atoms with E-state index in [0.717, 1.165) is 21.5 Å². The number of para-hydroxylation sites is 2. The van der Waals surface area contributed by atoms with Crippen molar-refractivity contribution in [2.75, 3.05) is 35.4 Å². The highest BCUT2D eigenvalue weighted by atomic mass is 16.6. The molecule has 6 rings (SSSR count). The molecule has 4 amide bonds. The average Bonchev–Trinajstić information content (AvgIpc) is 3.44. The highest BCUT2D eigenvalue weighted by molar-refractivity contribution is 6.12. The third-order valence-electron chi connectivity index (χ3n) is 9.46. The lowest BCUT2D eigenvalue weighted by Gasteiger charge is -2.31. The molecule has 1 unspecified atom stereocenters. The number of hydrogen-bond donors (Lipinski definition) is 2. The van der Waals surface area contributed by atoms with Crippen molar-refractivity contribution in [1.82, 2.24) is 5.01 Å². The summed E-state index contributed by atoms with van der Waals surface area (Å²) in [6.45, 7) is 8.16. The number of aryl methyl sites for hydroxylation is 1. The number of rotatable bonds is 9. The van der Waals surface area contributed by atoms with Crippen molar-refractivity contribution in [1.29, 1.82) is 0 Å². The van der Waals surface area contributed by atoms with E-state index in [0.29, 0.717) is 22.1 Å². The van der Waals surface area contributed by atoms with E-state index in [4.69, 9.17) is 9.47 Å². The summed E-state index contributed by atoms with van der Waals surface area (Å²) in [6.07, 6.45) is 0. The summed E-state index contributed by atoms with van der Waals surface area (Å²) in [7, 11) is 1.34. The van der Waals surface area contributed by atoms with Gasteiger partial charge in [-0.25, -0.2) is 4.79 Å². The summed E-state index contributed by atoms with van der Waals surface area (Å²) in [5, 5.41) is 29.2. The Morgan fingerprint density at radius 2 is 1.57 bits per heavy atom. The molecule has 0 aliphatic carbocycles. The minimum atomic E-state index is -1.35. The van der Waals surface area contributed by atoms with Crippen LogP contribution in [0.3, 0.4) is 0 Å². The number of anilines is 3. The maximum Gasteiger partial charge on any atom is 0.350 e. The molecule has 1 aliphatic heterocycles. The van der Waals surface area contributed by atoms with Gasteiger partial charge in [-0.05, 0) is 70.5 Å². The Morgan fingerprint density at radius 3 is 2.23 bits per heavy atom. The first-order valence-corrected chi connectivity index (χ1v) is 17.7.